The molecule has 1 aliphatic rings. The monoisotopic (exact) mass is 376 g/mol. The minimum atomic E-state index is 0.404. The number of tetrazole rings is 1. The van der Waals surface area contributed by atoms with Crippen molar-refractivity contribution in [2.75, 3.05) is 0 Å². The predicted molar refractivity (Wildman–Crippen MR) is 94.2 cm³/mol. The van der Waals surface area contributed by atoms with E-state index in [4.69, 9.17) is 16.1 Å². The van der Waals surface area contributed by atoms with Crippen LogP contribution in [0.15, 0.2) is 33.9 Å². The van der Waals surface area contributed by atoms with Crippen molar-refractivity contribution in [3.05, 3.63) is 35.1 Å². The highest BCUT2D eigenvalue weighted by Gasteiger charge is 2.20. The molecule has 0 spiro atoms. The zero-order chi connectivity index (χ0) is 17.1. The normalized spacial score (nSPS) is 15.6. The van der Waals surface area contributed by atoms with Crippen LogP contribution in [0.5, 0.6) is 0 Å². The van der Waals surface area contributed by atoms with E-state index >= 15 is 0 Å². The Kier molecular flexibility index (Phi) is 4.98. The number of aromatic nitrogens is 6. The molecule has 1 saturated carbocycles. The van der Waals surface area contributed by atoms with Crippen LogP contribution in [0.1, 0.15) is 44.0 Å². The van der Waals surface area contributed by atoms with E-state index in [9.17, 15) is 0 Å². The van der Waals surface area contributed by atoms with Crippen LogP contribution in [-0.2, 0) is 5.75 Å². The number of halogens is 1. The van der Waals surface area contributed by atoms with Crippen molar-refractivity contribution in [2.45, 2.75) is 49.1 Å². The largest absolute Gasteiger partial charge is 0.334 e. The highest BCUT2D eigenvalue weighted by atomic mass is 35.5. The van der Waals surface area contributed by atoms with Gasteiger partial charge in [-0.1, -0.05) is 47.8 Å². The van der Waals surface area contributed by atoms with E-state index in [1.54, 1.807) is 12.1 Å². The molecule has 1 aromatic carbocycles. The molecule has 9 heteroatoms. The number of thioether (sulfide) groups is 1. The van der Waals surface area contributed by atoms with Crippen molar-refractivity contribution in [2.24, 2.45) is 0 Å². The molecule has 0 unspecified atom stereocenters. The summed E-state index contributed by atoms with van der Waals surface area (Å²) in [5, 5.41) is 17.7. The van der Waals surface area contributed by atoms with Gasteiger partial charge in [-0.05, 0) is 47.5 Å². The van der Waals surface area contributed by atoms with E-state index in [1.165, 1.54) is 31.0 Å². The lowest BCUT2D eigenvalue weighted by Crippen LogP contribution is -2.15. The molecule has 3 aromatic rings. The molecule has 0 bridgehead atoms. The second kappa shape index (κ2) is 7.53. The van der Waals surface area contributed by atoms with E-state index in [0.29, 0.717) is 28.5 Å². The first-order valence-electron chi connectivity index (χ1n) is 8.29. The maximum atomic E-state index is 5.90. The fraction of sp³-hybridized carbons (Fsp3) is 0.438. The van der Waals surface area contributed by atoms with E-state index in [2.05, 4.69) is 25.7 Å². The van der Waals surface area contributed by atoms with Crippen LogP contribution >= 0.6 is 23.4 Å². The lowest BCUT2D eigenvalue weighted by Gasteiger charge is -2.21. The summed E-state index contributed by atoms with van der Waals surface area (Å²) in [6.45, 7) is 0. The van der Waals surface area contributed by atoms with Gasteiger partial charge in [0.15, 0.2) is 5.82 Å². The number of hydrogen-bond donors (Lipinski definition) is 0. The molecule has 0 radical (unpaired) electrons. The molecule has 130 valence electrons. The smallest absolute Gasteiger partial charge is 0.257 e. The van der Waals surface area contributed by atoms with Crippen LogP contribution in [0.2, 0.25) is 5.02 Å². The van der Waals surface area contributed by atoms with E-state index in [1.807, 2.05) is 16.8 Å². The summed E-state index contributed by atoms with van der Waals surface area (Å²) in [7, 11) is 0. The van der Waals surface area contributed by atoms with Crippen molar-refractivity contribution in [1.82, 2.24) is 30.3 Å². The van der Waals surface area contributed by atoms with Crippen molar-refractivity contribution in [3.8, 4) is 11.5 Å². The molecule has 0 saturated heterocycles. The van der Waals surface area contributed by atoms with Gasteiger partial charge in [0.25, 0.3) is 5.89 Å². The van der Waals surface area contributed by atoms with Crippen LogP contribution in [0.3, 0.4) is 0 Å². The van der Waals surface area contributed by atoms with Gasteiger partial charge >= 0.3 is 0 Å². The van der Waals surface area contributed by atoms with Gasteiger partial charge in [0.1, 0.15) is 0 Å². The first-order valence-corrected chi connectivity index (χ1v) is 9.65. The van der Waals surface area contributed by atoms with E-state index in [0.717, 1.165) is 23.6 Å². The summed E-state index contributed by atoms with van der Waals surface area (Å²) in [5.41, 5.74) is 0.847. The molecule has 7 nitrogen and oxygen atoms in total. The SMILES string of the molecule is Clc1ccc(-c2nc(CSc3nnnn3C3CCCCC3)no2)cc1. The van der Waals surface area contributed by atoms with Crippen LogP contribution in [-0.4, -0.2) is 30.3 Å². The molecule has 1 aliphatic carbocycles. The van der Waals surface area contributed by atoms with Crippen molar-refractivity contribution < 1.29 is 4.52 Å². The third kappa shape index (κ3) is 3.85. The van der Waals surface area contributed by atoms with Gasteiger partial charge in [-0.15, -0.1) is 5.10 Å². The topological polar surface area (TPSA) is 82.5 Å². The zero-order valence-electron chi connectivity index (χ0n) is 13.5. The Morgan fingerprint density at radius 2 is 1.96 bits per heavy atom. The lowest BCUT2D eigenvalue weighted by atomic mass is 9.96. The van der Waals surface area contributed by atoms with Gasteiger partial charge < -0.3 is 4.52 Å². The van der Waals surface area contributed by atoms with Gasteiger partial charge in [0.05, 0.1) is 11.8 Å². The van der Waals surface area contributed by atoms with Crippen molar-refractivity contribution in [1.29, 1.82) is 0 Å². The summed E-state index contributed by atoms with van der Waals surface area (Å²) in [4.78, 5) is 4.43. The first-order chi connectivity index (χ1) is 12.3. The second-order valence-electron chi connectivity index (χ2n) is 6.01. The van der Waals surface area contributed by atoms with Gasteiger partial charge in [0, 0.05) is 10.6 Å². The molecule has 0 amide bonds. The van der Waals surface area contributed by atoms with E-state index in [-0.39, 0.29) is 0 Å². The molecule has 2 heterocycles. The minimum Gasteiger partial charge on any atom is -0.334 e. The maximum absolute atomic E-state index is 5.90. The number of nitrogens with zero attached hydrogens (tertiary/aromatic N) is 6. The molecule has 1 fully saturated rings. The molecule has 25 heavy (non-hydrogen) atoms. The fourth-order valence-corrected chi connectivity index (χ4v) is 3.90. The van der Waals surface area contributed by atoms with E-state index < -0.39 is 0 Å². The zero-order valence-corrected chi connectivity index (χ0v) is 15.1. The molecule has 0 aliphatic heterocycles. The van der Waals surface area contributed by atoms with Gasteiger partial charge in [-0.25, -0.2) is 4.68 Å². The molecule has 4 rings (SSSR count). The summed E-state index contributed by atoms with van der Waals surface area (Å²) >= 11 is 7.43. The summed E-state index contributed by atoms with van der Waals surface area (Å²) in [5.74, 6) is 1.66. The molecular weight excluding hydrogens is 360 g/mol. The Morgan fingerprint density at radius 3 is 2.76 bits per heavy atom. The van der Waals surface area contributed by atoms with Gasteiger partial charge in [-0.3, -0.25) is 0 Å². The summed E-state index contributed by atoms with van der Waals surface area (Å²) in [6.07, 6.45) is 6.06. The Labute approximate surface area is 154 Å². The highest BCUT2D eigenvalue weighted by molar-refractivity contribution is 7.98. The number of hydrogen-bond acceptors (Lipinski definition) is 7. The third-order valence-corrected chi connectivity index (χ3v) is 5.45. The fourth-order valence-electron chi connectivity index (χ4n) is 2.99. The molecular formula is C16H17ClN6OS. The Morgan fingerprint density at radius 1 is 1.16 bits per heavy atom. The average molecular weight is 377 g/mol. The molecule has 2 aromatic heterocycles. The van der Waals surface area contributed by atoms with Crippen molar-refractivity contribution >= 4 is 23.4 Å². The van der Waals surface area contributed by atoms with Crippen LogP contribution in [0.25, 0.3) is 11.5 Å². The Balaban J connectivity index is 1.42. The van der Waals surface area contributed by atoms with Crippen LogP contribution < -0.4 is 0 Å². The van der Waals surface area contributed by atoms with Crippen molar-refractivity contribution in [3.63, 3.8) is 0 Å². The predicted octanol–water partition coefficient (Wildman–Crippen LogP) is 4.17. The Hall–Kier alpha value is -1.93. The maximum Gasteiger partial charge on any atom is 0.257 e. The van der Waals surface area contributed by atoms with Crippen LogP contribution in [0, 0.1) is 0 Å². The highest BCUT2D eigenvalue weighted by Crippen LogP contribution is 2.31. The number of benzene rings is 1. The quantitative estimate of drug-likeness (QED) is 0.618. The van der Waals surface area contributed by atoms with Gasteiger partial charge in [0.2, 0.25) is 5.16 Å². The Bertz CT molecular complexity index is 827. The summed E-state index contributed by atoms with van der Waals surface area (Å²) in [6, 6.07) is 7.72. The van der Waals surface area contributed by atoms with Gasteiger partial charge in [-0.2, -0.15) is 4.98 Å². The first kappa shape index (κ1) is 16.5. The third-order valence-electron chi connectivity index (χ3n) is 4.27. The minimum absolute atomic E-state index is 0.404. The van der Waals surface area contributed by atoms with Crippen LogP contribution in [0.4, 0.5) is 0 Å². The summed E-state index contributed by atoms with van der Waals surface area (Å²) < 4.78 is 7.28. The molecule has 0 atom stereocenters. The average Bonchev–Trinajstić information content (AvgIpc) is 3.31. The standard InChI is InChI=1S/C16H17ClN6OS/c17-12-8-6-11(7-9-12)15-18-14(20-24-15)10-25-16-19-21-22-23(16)13-4-2-1-3-5-13/h6-9,13H,1-5,10H2. The number of rotatable bonds is 5. The lowest BCUT2D eigenvalue weighted by molar-refractivity contribution is 0.307. The second-order valence-corrected chi connectivity index (χ2v) is 7.39. The molecule has 0 N–H and O–H groups in total.